The highest BCUT2D eigenvalue weighted by Gasteiger charge is 2.16. The Labute approximate surface area is 115 Å². The Morgan fingerprint density at radius 1 is 1.21 bits per heavy atom. The summed E-state index contributed by atoms with van der Waals surface area (Å²) < 4.78 is 28.2. The molecule has 0 spiro atoms. The molecule has 1 aromatic carbocycles. The first-order valence-corrected chi connectivity index (χ1v) is 8.45. The molecule has 106 valence electrons. The Bertz CT molecular complexity index is 504. The maximum absolute atomic E-state index is 11.4. The summed E-state index contributed by atoms with van der Waals surface area (Å²) >= 11 is 0. The number of hydrogen-bond acceptors (Lipinski definition) is 4. The zero-order chi connectivity index (χ0) is 13.9. The van der Waals surface area contributed by atoms with Crippen LogP contribution in [0.4, 0.5) is 5.69 Å². The lowest BCUT2D eigenvalue weighted by Crippen LogP contribution is -2.29. The Kier molecular flexibility index (Phi) is 4.47. The molecule has 1 aromatic rings. The minimum Gasteiger partial charge on any atom is -0.381 e. The van der Waals surface area contributed by atoms with E-state index >= 15 is 0 Å². The molecule has 19 heavy (non-hydrogen) atoms. The van der Waals surface area contributed by atoms with E-state index in [-0.39, 0.29) is 0 Å². The van der Waals surface area contributed by atoms with E-state index in [4.69, 9.17) is 4.74 Å². The molecule has 1 aliphatic rings. The van der Waals surface area contributed by atoms with Gasteiger partial charge in [0.25, 0.3) is 0 Å². The van der Waals surface area contributed by atoms with Crippen molar-refractivity contribution in [2.24, 2.45) is 5.92 Å². The third-order valence-corrected chi connectivity index (χ3v) is 4.71. The molecule has 1 heterocycles. The molecule has 1 aliphatic heterocycles. The topological polar surface area (TPSA) is 46.6 Å². The fourth-order valence-corrected chi connectivity index (χ4v) is 3.00. The van der Waals surface area contributed by atoms with Crippen molar-refractivity contribution in [2.75, 3.05) is 38.0 Å². The molecule has 0 saturated carbocycles. The van der Waals surface area contributed by atoms with Gasteiger partial charge in [0.15, 0.2) is 9.84 Å². The van der Waals surface area contributed by atoms with Crippen LogP contribution in [0.1, 0.15) is 12.8 Å². The van der Waals surface area contributed by atoms with Crippen LogP contribution in [0, 0.1) is 5.92 Å². The minimum atomic E-state index is -3.11. The molecule has 2 rings (SSSR count). The van der Waals surface area contributed by atoms with E-state index in [0.29, 0.717) is 10.8 Å². The summed E-state index contributed by atoms with van der Waals surface area (Å²) in [5.41, 5.74) is 1.05. The molecule has 5 heteroatoms. The Morgan fingerprint density at radius 2 is 1.79 bits per heavy atom. The van der Waals surface area contributed by atoms with Crippen molar-refractivity contribution in [3.05, 3.63) is 24.3 Å². The molecule has 0 N–H and O–H groups in total. The van der Waals surface area contributed by atoms with Gasteiger partial charge in [0.1, 0.15) is 0 Å². The summed E-state index contributed by atoms with van der Waals surface area (Å²) in [5.74, 6) is 0.660. The molecular formula is C14H21NO3S. The molecule has 0 aliphatic carbocycles. The predicted molar refractivity (Wildman–Crippen MR) is 76.4 cm³/mol. The van der Waals surface area contributed by atoms with E-state index < -0.39 is 9.84 Å². The normalized spacial score (nSPS) is 17.4. The number of rotatable bonds is 4. The second-order valence-corrected chi connectivity index (χ2v) is 7.22. The van der Waals surface area contributed by atoms with Gasteiger partial charge in [-0.25, -0.2) is 8.42 Å². The van der Waals surface area contributed by atoms with Gasteiger partial charge in [-0.1, -0.05) is 0 Å². The van der Waals surface area contributed by atoms with Crippen molar-refractivity contribution in [2.45, 2.75) is 17.7 Å². The molecular weight excluding hydrogens is 262 g/mol. The van der Waals surface area contributed by atoms with Crippen molar-refractivity contribution < 1.29 is 13.2 Å². The van der Waals surface area contributed by atoms with Crippen LogP contribution in [0.15, 0.2) is 29.2 Å². The average molecular weight is 283 g/mol. The van der Waals surface area contributed by atoms with Crippen LogP contribution in [-0.2, 0) is 14.6 Å². The first-order chi connectivity index (χ1) is 8.97. The number of benzene rings is 1. The lowest BCUT2D eigenvalue weighted by atomic mass is 10.00. The first kappa shape index (κ1) is 14.3. The summed E-state index contributed by atoms with van der Waals surface area (Å²) in [4.78, 5) is 2.55. The van der Waals surface area contributed by atoms with Crippen LogP contribution in [0.2, 0.25) is 0 Å². The van der Waals surface area contributed by atoms with Crippen molar-refractivity contribution in [1.29, 1.82) is 0 Å². The highest BCUT2D eigenvalue weighted by molar-refractivity contribution is 7.90. The second kappa shape index (κ2) is 5.92. The molecule has 0 aromatic heterocycles. The van der Waals surface area contributed by atoms with Crippen molar-refractivity contribution >= 4 is 15.5 Å². The Balaban J connectivity index is 2.01. The zero-order valence-corrected chi connectivity index (χ0v) is 12.3. The van der Waals surface area contributed by atoms with Gasteiger partial charge < -0.3 is 9.64 Å². The monoisotopic (exact) mass is 283 g/mol. The third kappa shape index (κ3) is 3.94. The van der Waals surface area contributed by atoms with Crippen molar-refractivity contribution in [3.63, 3.8) is 0 Å². The van der Waals surface area contributed by atoms with Gasteiger partial charge in [-0.3, -0.25) is 0 Å². The van der Waals surface area contributed by atoms with Crippen LogP contribution in [0.25, 0.3) is 0 Å². The summed E-state index contributed by atoms with van der Waals surface area (Å²) in [6.07, 6.45) is 3.44. The summed E-state index contributed by atoms with van der Waals surface area (Å²) in [7, 11) is -1.06. The van der Waals surface area contributed by atoms with Gasteiger partial charge in [-0.05, 0) is 43.0 Å². The van der Waals surface area contributed by atoms with E-state index in [0.717, 1.165) is 38.3 Å². The number of sulfone groups is 1. The number of ether oxygens (including phenoxy) is 1. The summed E-state index contributed by atoms with van der Waals surface area (Å²) in [6.45, 7) is 2.69. The van der Waals surface area contributed by atoms with Gasteiger partial charge in [0.2, 0.25) is 0 Å². The largest absolute Gasteiger partial charge is 0.381 e. The molecule has 0 atom stereocenters. The molecule has 1 fully saturated rings. The maximum atomic E-state index is 11.4. The summed E-state index contributed by atoms with van der Waals surface area (Å²) in [5, 5.41) is 0. The van der Waals surface area contributed by atoms with Crippen LogP contribution >= 0.6 is 0 Å². The molecule has 0 amide bonds. The van der Waals surface area contributed by atoms with Crippen molar-refractivity contribution in [3.8, 4) is 0 Å². The highest BCUT2D eigenvalue weighted by atomic mass is 32.2. The van der Waals surface area contributed by atoms with Crippen molar-refractivity contribution in [1.82, 2.24) is 0 Å². The van der Waals surface area contributed by atoms with Gasteiger partial charge >= 0.3 is 0 Å². The fourth-order valence-electron chi connectivity index (χ4n) is 2.37. The molecule has 0 unspecified atom stereocenters. The third-order valence-electron chi connectivity index (χ3n) is 3.58. The van der Waals surface area contributed by atoms with E-state index in [2.05, 4.69) is 4.90 Å². The molecule has 0 bridgehead atoms. The minimum absolute atomic E-state index is 0.371. The van der Waals surface area contributed by atoms with Crippen LogP contribution < -0.4 is 4.90 Å². The lowest BCUT2D eigenvalue weighted by molar-refractivity contribution is 0.0685. The van der Waals surface area contributed by atoms with Crippen LogP contribution in [0.3, 0.4) is 0 Å². The smallest absolute Gasteiger partial charge is 0.175 e. The lowest BCUT2D eigenvalue weighted by Gasteiger charge is -2.28. The highest BCUT2D eigenvalue weighted by Crippen LogP contribution is 2.21. The number of anilines is 1. The van der Waals surface area contributed by atoms with E-state index in [9.17, 15) is 8.42 Å². The zero-order valence-electron chi connectivity index (χ0n) is 11.5. The van der Waals surface area contributed by atoms with Gasteiger partial charge in [-0.2, -0.15) is 0 Å². The molecule has 1 saturated heterocycles. The van der Waals surface area contributed by atoms with Crippen LogP contribution in [-0.4, -0.2) is 41.5 Å². The quantitative estimate of drug-likeness (QED) is 0.847. The van der Waals surface area contributed by atoms with E-state index in [1.807, 2.05) is 19.2 Å². The molecule has 0 radical (unpaired) electrons. The Morgan fingerprint density at radius 3 is 2.32 bits per heavy atom. The number of nitrogens with zero attached hydrogens (tertiary/aromatic N) is 1. The Hall–Kier alpha value is -1.07. The fraction of sp³-hybridized carbons (Fsp3) is 0.571. The molecule has 4 nitrogen and oxygen atoms in total. The SMILES string of the molecule is CN(CC1CCOCC1)c1ccc(S(C)(=O)=O)cc1. The van der Waals surface area contributed by atoms with E-state index in [1.165, 1.54) is 6.26 Å². The first-order valence-electron chi connectivity index (χ1n) is 6.56. The van der Waals surface area contributed by atoms with Gasteiger partial charge in [0, 0.05) is 38.7 Å². The van der Waals surface area contributed by atoms with Gasteiger partial charge in [-0.15, -0.1) is 0 Å². The average Bonchev–Trinajstić information content (AvgIpc) is 2.39. The standard InChI is InChI=1S/C14H21NO3S/c1-15(11-12-7-9-18-10-8-12)13-3-5-14(6-4-13)19(2,16)17/h3-6,12H,7-11H2,1-2H3. The van der Waals surface area contributed by atoms with E-state index in [1.54, 1.807) is 12.1 Å². The summed E-state index contributed by atoms with van der Waals surface area (Å²) in [6, 6.07) is 7.09. The number of hydrogen-bond donors (Lipinski definition) is 0. The van der Waals surface area contributed by atoms with Gasteiger partial charge in [0.05, 0.1) is 4.90 Å². The maximum Gasteiger partial charge on any atom is 0.175 e. The second-order valence-electron chi connectivity index (χ2n) is 5.20. The predicted octanol–water partition coefficient (Wildman–Crippen LogP) is 1.95. The van der Waals surface area contributed by atoms with Crippen LogP contribution in [0.5, 0.6) is 0 Å².